The predicted octanol–water partition coefficient (Wildman–Crippen LogP) is 3.13. The van der Waals surface area contributed by atoms with Crippen molar-refractivity contribution in [3.8, 4) is 0 Å². The number of benzene rings is 2. The molecular weight excluding hydrogens is 390 g/mol. The van der Waals surface area contributed by atoms with Crippen molar-refractivity contribution < 1.29 is 22.7 Å². The van der Waals surface area contributed by atoms with Crippen molar-refractivity contribution in [1.82, 2.24) is 4.72 Å². The Morgan fingerprint density at radius 3 is 2.31 bits per heavy atom. The topological polar surface area (TPSA) is 89.5 Å². The van der Waals surface area contributed by atoms with E-state index in [4.69, 9.17) is 4.74 Å². The van der Waals surface area contributed by atoms with Gasteiger partial charge >= 0.3 is 5.97 Å². The lowest BCUT2D eigenvalue weighted by molar-refractivity contribution is -0.141. The smallest absolute Gasteiger partial charge is 0.321 e. The Balaban J connectivity index is 1.96. The summed E-state index contributed by atoms with van der Waals surface area (Å²) in [7, 11) is -3.84. The molecule has 0 aromatic heterocycles. The number of rotatable bonds is 9. The van der Waals surface area contributed by atoms with Crippen molar-refractivity contribution in [1.29, 1.82) is 0 Å². The number of carbonyl (C=O) groups is 2. The van der Waals surface area contributed by atoms with Gasteiger partial charge in [0.1, 0.15) is 6.54 Å². The summed E-state index contributed by atoms with van der Waals surface area (Å²) in [6.45, 7) is 6.67. The van der Waals surface area contributed by atoms with Gasteiger partial charge in [-0.1, -0.05) is 32.0 Å². The molecule has 0 spiro atoms. The fourth-order valence-electron chi connectivity index (χ4n) is 2.80. The molecule has 1 N–H and O–H groups in total. The number of nitrogens with one attached hydrogen (secondary N) is 1. The number of esters is 1. The Hall–Kier alpha value is -2.51. The Kier molecular flexibility index (Phi) is 7.70. The van der Waals surface area contributed by atoms with E-state index in [1.54, 1.807) is 12.1 Å². The first-order chi connectivity index (χ1) is 13.7. The van der Waals surface area contributed by atoms with E-state index in [1.165, 1.54) is 6.07 Å². The van der Waals surface area contributed by atoms with Gasteiger partial charge in [-0.25, -0.2) is 8.42 Å². The molecule has 2 aromatic rings. The number of sulfonamides is 1. The Bertz CT molecular complexity index is 1010. The number of carbonyl (C=O) groups excluding carboxylic acids is 2. The first-order valence-electron chi connectivity index (χ1n) is 9.55. The lowest BCUT2D eigenvalue weighted by Gasteiger charge is -2.11. The fraction of sp³-hybridized carbons (Fsp3) is 0.364. The van der Waals surface area contributed by atoms with Gasteiger partial charge in [-0.15, -0.1) is 0 Å². The van der Waals surface area contributed by atoms with E-state index >= 15 is 0 Å². The van der Waals surface area contributed by atoms with Crippen LogP contribution in [-0.4, -0.2) is 33.3 Å². The van der Waals surface area contributed by atoms with Crippen molar-refractivity contribution in [3.63, 3.8) is 0 Å². The van der Waals surface area contributed by atoms with Crippen molar-refractivity contribution in [3.05, 3.63) is 64.2 Å². The van der Waals surface area contributed by atoms with Crippen molar-refractivity contribution >= 4 is 21.8 Å². The SMILES string of the molecule is CCc1ccc(CC)c(C(=O)COC(=O)CNS(=O)(=O)c2ccc(C)c(C)c2)c1. The van der Waals surface area contributed by atoms with E-state index in [0.29, 0.717) is 12.0 Å². The van der Waals surface area contributed by atoms with Gasteiger partial charge in [-0.3, -0.25) is 9.59 Å². The molecule has 0 amide bonds. The molecule has 0 aliphatic rings. The first kappa shape index (κ1) is 22.8. The first-order valence-corrected chi connectivity index (χ1v) is 11.0. The van der Waals surface area contributed by atoms with Crippen LogP contribution in [0.25, 0.3) is 0 Å². The second-order valence-corrected chi connectivity index (χ2v) is 8.62. The van der Waals surface area contributed by atoms with Crippen LogP contribution in [0.1, 0.15) is 46.5 Å². The number of hydrogen-bond acceptors (Lipinski definition) is 5. The molecule has 0 atom stereocenters. The maximum Gasteiger partial charge on any atom is 0.321 e. The predicted molar refractivity (Wildman–Crippen MR) is 112 cm³/mol. The third-order valence-corrected chi connectivity index (χ3v) is 6.22. The van der Waals surface area contributed by atoms with Crippen LogP contribution >= 0.6 is 0 Å². The molecule has 0 unspecified atom stereocenters. The van der Waals surface area contributed by atoms with Gasteiger partial charge in [0.05, 0.1) is 4.90 Å². The molecule has 0 fully saturated rings. The summed E-state index contributed by atoms with van der Waals surface area (Å²) in [6, 6.07) is 10.4. The van der Waals surface area contributed by atoms with Crippen LogP contribution in [0.5, 0.6) is 0 Å². The normalized spacial score (nSPS) is 11.3. The highest BCUT2D eigenvalue weighted by molar-refractivity contribution is 7.89. The van der Waals surface area contributed by atoms with Crippen LogP contribution in [-0.2, 0) is 32.4 Å². The average Bonchev–Trinajstić information content (AvgIpc) is 2.71. The van der Waals surface area contributed by atoms with Gasteiger partial charge in [0.25, 0.3) is 0 Å². The fourth-order valence-corrected chi connectivity index (χ4v) is 3.86. The third kappa shape index (κ3) is 5.98. The van der Waals surface area contributed by atoms with Gasteiger partial charge in [0.2, 0.25) is 15.8 Å². The molecule has 2 aromatic carbocycles. The van der Waals surface area contributed by atoms with E-state index in [0.717, 1.165) is 28.7 Å². The van der Waals surface area contributed by atoms with Gasteiger partial charge < -0.3 is 4.74 Å². The summed E-state index contributed by atoms with van der Waals surface area (Å²) in [4.78, 5) is 24.5. The van der Waals surface area contributed by atoms with Crippen LogP contribution in [0.15, 0.2) is 41.3 Å². The molecule has 0 radical (unpaired) electrons. The average molecular weight is 418 g/mol. The Morgan fingerprint density at radius 2 is 1.69 bits per heavy atom. The van der Waals surface area contributed by atoms with Crippen molar-refractivity contribution in [2.45, 2.75) is 45.4 Å². The highest BCUT2D eigenvalue weighted by Gasteiger charge is 2.18. The number of ether oxygens (including phenoxy) is 1. The lowest BCUT2D eigenvalue weighted by Crippen LogP contribution is -2.31. The molecule has 0 saturated carbocycles. The standard InChI is InChI=1S/C22H27NO5S/c1-5-17-8-9-18(6-2)20(12-17)21(24)14-28-22(25)13-23-29(26,27)19-10-7-15(3)16(4)11-19/h7-12,23H,5-6,13-14H2,1-4H3. The second-order valence-electron chi connectivity index (χ2n) is 6.85. The summed E-state index contributed by atoms with van der Waals surface area (Å²) < 4.78 is 31.9. The summed E-state index contributed by atoms with van der Waals surface area (Å²) in [5.41, 5.74) is 4.26. The second kappa shape index (κ2) is 9.80. The Morgan fingerprint density at radius 1 is 0.966 bits per heavy atom. The minimum atomic E-state index is -3.84. The highest BCUT2D eigenvalue weighted by atomic mass is 32.2. The van der Waals surface area contributed by atoms with Gasteiger partial charge in [0, 0.05) is 5.56 Å². The molecule has 0 aliphatic heterocycles. The molecule has 156 valence electrons. The zero-order valence-corrected chi connectivity index (χ0v) is 18.1. The minimum Gasteiger partial charge on any atom is -0.456 e. The number of Topliss-reactive ketones (excluding diaryl/α,β-unsaturated/α-hetero) is 1. The third-order valence-electron chi connectivity index (χ3n) is 4.82. The van der Waals surface area contributed by atoms with Crippen LogP contribution in [0.3, 0.4) is 0 Å². The zero-order chi connectivity index (χ0) is 21.6. The lowest BCUT2D eigenvalue weighted by atomic mass is 9.98. The van der Waals surface area contributed by atoms with Crippen molar-refractivity contribution in [2.24, 2.45) is 0 Å². The van der Waals surface area contributed by atoms with Crippen LogP contribution in [0, 0.1) is 13.8 Å². The van der Waals surface area contributed by atoms with E-state index < -0.39 is 29.1 Å². The molecule has 0 saturated heterocycles. The van der Waals surface area contributed by atoms with Gasteiger partial charge in [0.15, 0.2) is 6.61 Å². The highest BCUT2D eigenvalue weighted by Crippen LogP contribution is 2.16. The minimum absolute atomic E-state index is 0.0773. The molecule has 0 bridgehead atoms. The number of ketones is 1. The van der Waals surface area contributed by atoms with Gasteiger partial charge in [-0.05, 0) is 67.1 Å². The summed E-state index contributed by atoms with van der Waals surface area (Å²) in [5.74, 6) is -1.11. The quantitative estimate of drug-likeness (QED) is 0.500. The number of hydrogen-bond donors (Lipinski definition) is 1. The summed E-state index contributed by atoms with van der Waals surface area (Å²) >= 11 is 0. The van der Waals surface area contributed by atoms with E-state index in [-0.39, 0.29) is 10.7 Å². The summed E-state index contributed by atoms with van der Waals surface area (Å²) in [6.07, 6.45) is 1.49. The molecule has 29 heavy (non-hydrogen) atoms. The van der Waals surface area contributed by atoms with Crippen LogP contribution < -0.4 is 4.72 Å². The Labute approximate surface area is 172 Å². The largest absolute Gasteiger partial charge is 0.456 e. The van der Waals surface area contributed by atoms with Crippen LogP contribution in [0.2, 0.25) is 0 Å². The van der Waals surface area contributed by atoms with Crippen molar-refractivity contribution in [2.75, 3.05) is 13.2 Å². The molecule has 7 heteroatoms. The van der Waals surface area contributed by atoms with Gasteiger partial charge in [-0.2, -0.15) is 4.72 Å². The maximum atomic E-state index is 12.5. The molecule has 2 rings (SSSR count). The molecule has 0 aliphatic carbocycles. The number of aryl methyl sites for hydroxylation is 4. The van der Waals surface area contributed by atoms with Crippen LogP contribution in [0.4, 0.5) is 0 Å². The molecule has 6 nitrogen and oxygen atoms in total. The monoisotopic (exact) mass is 417 g/mol. The zero-order valence-electron chi connectivity index (χ0n) is 17.2. The van der Waals surface area contributed by atoms with E-state index in [1.807, 2.05) is 45.9 Å². The molecular formula is C22H27NO5S. The van der Waals surface area contributed by atoms with E-state index in [9.17, 15) is 18.0 Å². The van der Waals surface area contributed by atoms with E-state index in [2.05, 4.69) is 4.72 Å². The summed E-state index contributed by atoms with van der Waals surface area (Å²) in [5, 5.41) is 0. The maximum absolute atomic E-state index is 12.5. The molecule has 0 heterocycles.